The lowest BCUT2D eigenvalue weighted by atomic mass is 10.1. The van der Waals surface area contributed by atoms with Crippen molar-refractivity contribution in [3.8, 4) is 0 Å². The fraction of sp³-hybridized carbons (Fsp3) is 0.231. The molecule has 3 nitrogen and oxygen atoms in total. The standard InChI is InChI=1S/C13H12FNO2S/c14-12-7-8-13(11-4-2-1-3-10(11)12)15(18(16)17)9-5-6-9/h1-4,7-9H,5-6H2,(H,16,17)/p-1. The van der Waals surface area contributed by atoms with Crippen molar-refractivity contribution in [3.05, 3.63) is 42.2 Å². The van der Waals surface area contributed by atoms with Gasteiger partial charge in [0.2, 0.25) is 0 Å². The molecular formula is C13H11FNO2S-. The van der Waals surface area contributed by atoms with E-state index in [9.17, 15) is 13.2 Å². The van der Waals surface area contributed by atoms with Gasteiger partial charge in [0.15, 0.2) is 0 Å². The van der Waals surface area contributed by atoms with Crippen LogP contribution in [-0.4, -0.2) is 14.8 Å². The Bertz CT molecular complexity index is 627. The summed E-state index contributed by atoms with van der Waals surface area (Å²) in [5.41, 5.74) is 0.558. The van der Waals surface area contributed by atoms with E-state index >= 15 is 0 Å². The Hall–Kier alpha value is -1.46. The molecule has 1 aliphatic rings. The van der Waals surface area contributed by atoms with Crippen LogP contribution in [0.1, 0.15) is 12.8 Å². The van der Waals surface area contributed by atoms with Gasteiger partial charge in [-0.2, -0.15) is 0 Å². The highest BCUT2D eigenvalue weighted by molar-refractivity contribution is 7.80. The topological polar surface area (TPSA) is 43.4 Å². The minimum absolute atomic E-state index is 0.0252. The van der Waals surface area contributed by atoms with E-state index in [2.05, 4.69) is 0 Å². The highest BCUT2D eigenvalue weighted by Crippen LogP contribution is 2.37. The van der Waals surface area contributed by atoms with E-state index in [1.165, 1.54) is 16.4 Å². The van der Waals surface area contributed by atoms with Crippen LogP contribution in [0.2, 0.25) is 0 Å². The molecule has 1 atom stereocenters. The van der Waals surface area contributed by atoms with E-state index < -0.39 is 11.3 Å². The Morgan fingerprint density at radius 3 is 2.44 bits per heavy atom. The van der Waals surface area contributed by atoms with Crippen LogP contribution in [0.25, 0.3) is 10.8 Å². The van der Waals surface area contributed by atoms with Gasteiger partial charge in [0.1, 0.15) is 5.82 Å². The second kappa shape index (κ2) is 4.33. The molecule has 0 amide bonds. The summed E-state index contributed by atoms with van der Waals surface area (Å²) in [4.78, 5) is 0. The first-order valence-corrected chi connectivity index (χ1v) is 6.77. The third-order valence-corrected chi connectivity index (χ3v) is 3.94. The minimum Gasteiger partial charge on any atom is -0.755 e. The number of hydrogen-bond donors (Lipinski definition) is 0. The molecule has 0 saturated heterocycles. The maximum Gasteiger partial charge on any atom is 0.131 e. The average Bonchev–Trinajstić information content (AvgIpc) is 3.17. The zero-order valence-corrected chi connectivity index (χ0v) is 10.3. The molecule has 0 heterocycles. The van der Waals surface area contributed by atoms with Crippen LogP contribution in [0.15, 0.2) is 36.4 Å². The predicted molar refractivity (Wildman–Crippen MR) is 68.3 cm³/mol. The van der Waals surface area contributed by atoms with E-state index in [0.717, 1.165) is 12.8 Å². The number of nitrogens with zero attached hydrogens (tertiary/aromatic N) is 1. The molecule has 0 radical (unpaired) electrons. The monoisotopic (exact) mass is 264 g/mol. The second-order valence-electron chi connectivity index (χ2n) is 4.39. The van der Waals surface area contributed by atoms with Crippen molar-refractivity contribution < 1.29 is 13.2 Å². The van der Waals surface area contributed by atoms with Crippen molar-refractivity contribution in [3.63, 3.8) is 0 Å². The fourth-order valence-electron chi connectivity index (χ4n) is 2.15. The third-order valence-electron chi connectivity index (χ3n) is 3.12. The highest BCUT2D eigenvalue weighted by Gasteiger charge is 2.31. The number of rotatable bonds is 3. The van der Waals surface area contributed by atoms with Gasteiger partial charge in [-0.1, -0.05) is 24.3 Å². The van der Waals surface area contributed by atoms with Gasteiger partial charge >= 0.3 is 0 Å². The van der Waals surface area contributed by atoms with Crippen molar-refractivity contribution in [2.45, 2.75) is 18.9 Å². The van der Waals surface area contributed by atoms with E-state index in [1.807, 2.05) is 0 Å². The summed E-state index contributed by atoms with van der Waals surface area (Å²) in [5, 5.41) is 1.08. The van der Waals surface area contributed by atoms with Crippen molar-refractivity contribution in [1.29, 1.82) is 0 Å². The first-order chi connectivity index (χ1) is 8.68. The number of halogens is 1. The second-order valence-corrected chi connectivity index (χ2v) is 5.21. The molecule has 1 unspecified atom stereocenters. The molecule has 0 N–H and O–H groups in total. The van der Waals surface area contributed by atoms with Crippen LogP contribution in [0.3, 0.4) is 0 Å². The van der Waals surface area contributed by atoms with Gasteiger partial charge in [-0.05, 0) is 25.0 Å². The van der Waals surface area contributed by atoms with Gasteiger partial charge in [0.25, 0.3) is 0 Å². The van der Waals surface area contributed by atoms with Crippen LogP contribution in [-0.2, 0) is 11.3 Å². The maximum atomic E-state index is 13.7. The van der Waals surface area contributed by atoms with Crippen molar-refractivity contribution in [2.75, 3.05) is 4.31 Å². The molecule has 1 fully saturated rings. The van der Waals surface area contributed by atoms with E-state index in [1.54, 1.807) is 24.3 Å². The third kappa shape index (κ3) is 1.89. The summed E-state index contributed by atoms with van der Waals surface area (Å²) >= 11 is -2.32. The normalized spacial score (nSPS) is 16.8. The van der Waals surface area contributed by atoms with Gasteiger partial charge in [0, 0.05) is 28.1 Å². The molecule has 5 heteroatoms. The van der Waals surface area contributed by atoms with Crippen LogP contribution in [0.5, 0.6) is 0 Å². The molecule has 18 heavy (non-hydrogen) atoms. The first-order valence-electron chi connectivity index (χ1n) is 5.74. The summed E-state index contributed by atoms with van der Waals surface area (Å²) in [6.07, 6.45) is 1.72. The Kier molecular flexibility index (Phi) is 2.80. The minimum atomic E-state index is -2.32. The average molecular weight is 264 g/mol. The Morgan fingerprint density at radius 2 is 1.83 bits per heavy atom. The summed E-state index contributed by atoms with van der Waals surface area (Å²) in [6, 6.07) is 9.81. The number of anilines is 1. The molecule has 0 bridgehead atoms. The van der Waals surface area contributed by atoms with E-state index in [4.69, 9.17) is 0 Å². The Morgan fingerprint density at radius 1 is 1.17 bits per heavy atom. The molecular weight excluding hydrogens is 253 g/mol. The molecule has 1 aliphatic carbocycles. The molecule has 0 spiro atoms. The van der Waals surface area contributed by atoms with Crippen molar-refractivity contribution in [1.82, 2.24) is 0 Å². The van der Waals surface area contributed by atoms with Crippen LogP contribution in [0, 0.1) is 5.82 Å². The Balaban J connectivity index is 2.22. The molecule has 94 valence electrons. The van der Waals surface area contributed by atoms with Crippen molar-refractivity contribution >= 4 is 27.7 Å². The predicted octanol–water partition coefficient (Wildman–Crippen LogP) is 2.74. The lowest BCUT2D eigenvalue weighted by Gasteiger charge is -2.27. The molecule has 1 saturated carbocycles. The van der Waals surface area contributed by atoms with Gasteiger partial charge in [-0.25, -0.2) is 4.39 Å². The summed E-state index contributed by atoms with van der Waals surface area (Å²) in [5.74, 6) is -0.332. The number of fused-ring (bicyclic) bond motifs is 1. The van der Waals surface area contributed by atoms with Gasteiger partial charge in [-0.15, -0.1) is 0 Å². The quantitative estimate of drug-likeness (QED) is 0.800. The van der Waals surface area contributed by atoms with E-state index in [0.29, 0.717) is 16.5 Å². The van der Waals surface area contributed by atoms with E-state index in [-0.39, 0.29) is 11.9 Å². The number of benzene rings is 2. The first kappa shape index (κ1) is 11.6. The Labute approximate surface area is 107 Å². The van der Waals surface area contributed by atoms with Crippen LogP contribution in [0.4, 0.5) is 10.1 Å². The zero-order chi connectivity index (χ0) is 12.7. The summed E-state index contributed by atoms with van der Waals surface area (Å²) < 4.78 is 37.7. The van der Waals surface area contributed by atoms with Crippen LogP contribution >= 0.6 is 0 Å². The lowest BCUT2D eigenvalue weighted by molar-refractivity contribution is 0.531. The van der Waals surface area contributed by atoms with Gasteiger partial charge < -0.3 is 4.55 Å². The summed E-state index contributed by atoms with van der Waals surface area (Å²) in [6.45, 7) is 0. The molecule has 2 aromatic rings. The molecule has 0 aromatic heterocycles. The SMILES string of the molecule is O=S([O-])N(c1ccc(F)c2ccccc12)C1CC1. The zero-order valence-electron chi connectivity index (χ0n) is 9.51. The lowest BCUT2D eigenvalue weighted by Crippen LogP contribution is -2.27. The van der Waals surface area contributed by atoms with Crippen LogP contribution < -0.4 is 4.31 Å². The molecule has 3 rings (SSSR count). The smallest absolute Gasteiger partial charge is 0.131 e. The largest absolute Gasteiger partial charge is 0.755 e. The number of hydrogen-bond acceptors (Lipinski definition) is 2. The van der Waals surface area contributed by atoms with Gasteiger partial charge in [0.05, 0.1) is 5.69 Å². The summed E-state index contributed by atoms with van der Waals surface area (Å²) in [7, 11) is 0. The maximum absolute atomic E-state index is 13.7. The van der Waals surface area contributed by atoms with Crippen molar-refractivity contribution in [2.24, 2.45) is 0 Å². The fourth-order valence-corrected chi connectivity index (χ4v) is 2.92. The molecule has 0 aliphatic heterocycles. The molecule has 2 aromatic carbocycles. The van der Waals surface area contributed by atoms with Gasteiger partial charge in [-0.3, -0.25) is 8.51 Å². The highest BCUT2D eigenvalue weighted by atomic mass is 32.2.